The average molecular weight is 573 g/mol. The van der Waals surface area contributed by atoms with Crippen molar-refractivity contribution in [2.24, 2.45) is 28.6 Å². The molecule has 7 heteroatoms. The van der Waals surface area contributed by atoms with E-state index in [4.69, 9.17) is 18.6 Å². The molecule has 0 radical (unpaired) electrons. The SMILES string of the molecule is CC(=O)OC1C(c2ccc(=O)oc2)C2(C)CCC3C(CCC4CC(OC(=O)/C=C/c5ccccc5)CCC43C)C23OC13. The van der Waals surface area contributed by atoms with Crippen LogP contribution in [-0.4, -0.2) is 35.9 Å². The van der Waals surface area contributed by atoms with Gasteiger partial charge in [0, 0.05) is 30.4 Å². The number of benzene rings is 1. The lowest BCUT2D eigenvalue weighted by molar-refractivity contribution is -0.165. The van der Waals surface area contributed by atoms with Crippen LogP contribution in [0.1, 0.15) is 82.8 Å². The zero-order chi connectivity index (χ0) is 29.3. The molecule has 7 rings (SSSR count). The van der Waals surface area contributed by atoms with Crippen LogP contribution in [-0.2, 0) is 23.8 Å². The predicted molar refractivity (Wildman–Crippen MR) is 155 cm³/mol. The van der Waals surface area contributed by atoms with Crippen LogP contribution in [0.25, 0.3) is 6.08 Å². The van der Waals surface area contributed by atoms with Gasteiger partial charge < -0.3 is 18.6 Å². The van der Waals surface area contributed by atoms with Crippen LogP contribution in [0.2, 0.25) is 0 Å². The Morgan fingerprint density at radius 1 is 0.952 bits per heavy atom. The van der Waals surface area contributed by atoms with E-state index >= 15 is 0 Å². The van der Waals surface area contributed by atoms with Crippen LogP contribution in [0.4, 0.5) is 0 Å². The number of rotatable bonds is 5. The second-order valence-corrected chi connectivity index (χ2v) is 13.8. The molecule has 1 aliphatic heterocycles. The van der Waals surface area contributed by atoms with Crippen molar-refractivity contribution >= 4 is 18.0 Å². The third kappa shape index (κ3) is 4.14. The Morgan fingerprint density at radius 3 is 2.50 bits per heavy atom. The van der Waals surface area contributed by atoms with E-state index in [9.17, 15) is 14.4 Å². The summed E-state index contributed by atoms with van der Waals surface area (Å²) in [6.45, 7) is 6.22. The van der Waals surface area contributed by atoms with Crippen LogP contribution in [0.3, 0.4) is 0 Å². The minimum atomic E-state index is -0.399. The molecule has 1 spiro atoms. The molecule has 222 valence electrons. The third-order valence-corrected chi connectivity index (χ3v) is 11.9. The summed E-state index contributed by atoms with van der Waals surface area (Å²) in [4.78, 5) is 36.7. The summed E-state index contributed by atoms with van der Waals surface area (Å²) in [5, 5.41) is 0. The quantitative estimate of drug-likeness (QED) is 0.244. The van der Waals surface area contributed by atoms with E-state index in [0.717, 1.165) is 56.1 Å². The largest absolute Gasteiger partial charge is 0.459 e. The molecule has 2 heterocycles. The lowest BCUT2D eigenvalue weighted by atomic mass is 9.44. The second kappa shape index (κ2) is 9.94. The van der Waals surface area contributed by atoms with Gasteiger partial charge in [-0.25, -0.2) is 9.59 Å². The van der Waals surface area contributed by atoms with Crippen molar-refractivity contribution in [3.8, 4) is 0 Å². The third-order valence-electron chi connectivity index (χ3n) is 11.9. The molecule has 1 aromatic carbocycles. The van der Waals surface area contributed by atoms with Gasteiger partial charge in [0.15, 0.2) is 0 Å². The Labute approximate surface area is 246 Å². The number of hydrogen-bond acceptors (Lipinski definition) is 7. The lowest BCUT2D eigenvalue weighted by Gasteiger charge is -2.61. The van der Waals surface area contributed by atoms with Gasteiger partial charge in [-0.1, -0.05) is 44.2 Å². The molecule has 1 aromatic heterocycles. The number of carbonyl (C=O) groups excluding carboxylic acids is 2. The number of carbonyl (C=O) groups is 2. The van der Waals surface area contributed by atoms with Crippen molar-refractivity contribution in [3.05, 3.63) is 76.4 Å². The van der Waals surface area contributed by atoms with Gasteiger partial charge in [-0.05, 0) is 91.4 Å². The zero-order valence-corrected chi connectivity index (χ0v) is 24.6. The summed E-state index contributed by atoms with van der Waals surface area (Å²) < 4.78 is 23.9. The van der Waals surface area contributed by atoms with E-state index in [1.165, 1.54) is 13.0 Å². The van der Waals surface area contributed by atoms with Gasteiger partial charge in [0.25, 0.3) is 0 Å². The van der Waals surface area contributed by atoms with Crippen molar-refractivity contribution in [2.45, 2.75) is 95.5 Å². The van der Waals surface area contributed by atoms with Gasteiger partial charge in [-0.2, -0.15) is 0 Å². The molecule has 0 bridgehead atoms. The van der Waals surface area contributed by atoms with Gasteiger partial charge >= 0.3 is 17.6 Å². The Bertz CT molecular complexity index is 1440. The molecule has 7 nitrogen and oxygen atoms in total. The Balaban J connectivity index is 1.10. The second-order valence-electron chi connectivity index (χ2n) is 13.8. The van der Waals surface area contributed by atoms with Crippen molar-refractivity contribution in [3.63, 3.8) is 0 Å². The maximum Gasteiger partial charge on any atom is 0.335 e. The zero-order valence-electron chi connectivity index (χ0n) is 24.6. The number of fused-ring (bicyclic) bond motifs is 3. The number of epoxide rings is 1. The normalized spacial score (nSPS) is 41.6. The van der Waals surface area contributed by atoms with Gasteiger partial charge in [-0.3, -0.25) is 4.79 Å². The van der Waals surface area contributed by atoms with Crippen LogP contribution >= 0.6 is 0 Å². The first-order chi connectivity index (χ1) is 20.2. The minimum absolute atomic E-state index is 0.0542. The van der Waals surface area contributed by atoms with Gasteiger partial charge in [0.1, 0.15) is 23.9 Å². The summed E-state index contributed by atoms with van der Waals surface area (Å²) in [6, 6.07) is 13.1. The van der Waals surface area contributed by atoms with Crippen LogP contribution < -0.4 is 5.63 Å². The van der Waals surface area contributed by atoms with Crippen molar-refractivity contribution in [1.82, 2.24) is 0 Å². The Morgan fingerprint density at radius 2 is 1.76 bits per heavy atom. The predicted octanol–water partition coefficient (Wildman–Crippen LogP) is 6.06. The topological polar surface area (TPSA) is 95.3 Å². The highest BCUT2D eigenvalue weighted by atomic mass is 16.7. The summed E-state index contributed by atoms with van der Waals surface area (Å²) in [5.74, 6) is 0.687. The molecule has 42 heavy (non-hydrogen) atoms. The van der Waals surface area contributed by atoms with Gasteiger partial charge in [-0.15, -0.1) is 0 Å². The van der Waals surface area contributed by atoms with Crippen molar-refractivity contribution < 1.29 is 28.2 Å². The summed E-state index contributed by atoms with van der Waals surface area (Å²) in [6.07, 6.45) is 11.3. The Kier molecular flexibility index (Phi) is 6.54. The first kappa shape index (κ1) is 27.6. The van der Waals surface area contributed by atoms with E-state index in [2.05, 4.69) is 13.8 Å². The molecule has 1 saturated heterocycles. The fourth-order valence-corrected chi connectivity index (χ4v) is 10.1. The summed E-state index contributed by atoms with van der Waals surface area (Å²) >= 11 is 0. The van der Waals surface area contributed by atoms with E-state index in [-0.39, 0.29) is 52.1 Å². The fourth-order valence-electron chi connectivity index (χ4n) is 10.1. The molecule has 5 fully saturated rings. The molecule has 4 aliphatic carbocycles. The van der Waals surface area contributed by atoms with Crippen LogP contribution in [0.15, 0.2) is 64.0 Å². The van der Waals surface area contributed by atoms with E-state index in [1.54, 1.807) is 12.3 Å². The maximum absolute atomic E-state index is 12.6. The van der Waals surface area contributed by atoms with E-state index < -0.39 is 6.10 Å². The van der Waals surface area contributed by atoms with E-state index in [1.807, 2.05) is 42.5 Å². The number of ether oxygens (including phenoxy) is 3. The highest BCUT2D eigenvalue weighted by Gasteiger charge is 2.84. The molecule has 0 amide bonds. The van der Waals surface area contributed by atoms with E-state index in [0.29, 0.717) is 17.8 Å². The summed E-state index contributed by atoms with van der Waals surface area (Å²) in [5.41, 5.74) is 1.06. The molecule has 10 unspecified atom stereocenters. The number of hydrogen-bond donors (Lipinski definition) is 0. The average Bonchev–Trinajstić information content (AvgIpc) is 3.68. The monoisotopic (exact) mass is 572 g/mol. The van der Waals surface area contributed by atoms with Crippen molar-refractivity contribution in [2.75, 3.05) is 0 Å². The molecule has 10 atom stereocenters. The minimum Gasteiger partial charge on any atom is -0.459 e. The van der Waals surface area contributed by atoms with Gasteiger partial charge in [0.2, 0.25) is 0 Å². The molecule has 2 aromatic rings. The Hall–Kier alpha value is -3.19. The standard InChI is InChI=1S/C35H40O7/c1-21(36)40-31-30(23-10-14-28(37)39-20-23)34(3)18-16-26-27(35(34)32(31)42-35)12-11-24-19-25(15-17-33(24,26)2)41-29(38)13-9-22-7-5-4-6-8-22/h4-10,13-14,20,24-27,30-32H,11-12,15-19H2,1-3H3/b13-9+. The first-order valence-corrected chi connectivity index (χ1v) is 15.5. The van der Waals surface area contributed by atoms with Crippen LogP contribution in [0.5, 0.6) is 0 Å². The molecular formula is C35H40O7. The van der Waals surface area contributed by atoms with Gasteiger partial charge in [0.05, 0.1) is 6.26 Å². The summed E-state index contributed by atoms with van der Waals surface area (Å²) in [7, 11) is 0. The van der Waals surface area contributed by atoms with Crippen molar-refractivity contribution in [1.29, 1.82) is 0 Å². The molecule has 0 N–H and O–H groups in total. The first-order valence-electron chi connectivity index (χ1n) is 15.5. The molecule has 5 aliphatic rings. The highest BCUT2D eigenvalue weighted by molar-refractivity contribution is 5.87. The lowest BCUT2D eigenvalue weighted by Crippen LogP contribution is -2.58. The van der Waals surface area contributed by atoms with Crippen LogP contribution in [0, 0.1) is 28.6 Å². The molecule has 4 saturated carbocycles. The smallest absolute Gasteiger partial charge is 0.335 e. The number of esters is 2. The maximum atomic E-state index is 12.6. The molecular weight excluding hydrogens is 532 g/mol. The fraction of sp³-hybridized carbons (Fsp3) is 0.571. The highest BCUT2D eigenvalue weighted by Crippen LogP contribution is 2.78.